The summed E-state index contributed by atoms with van der Waals surface area (Å²) in [7, 11) is 0. The zero-order valence-corrected chi connectivity index (χ0v) is 11.5. The van der Waals surface area contributed by atoms with Gasteiger partial charge in [0, 0.05) is 12.6 Å². The van der Waals surface area contributed by atoms with Crippen molar-refractivity contribution in [3.05, 3.63) is 0 Å². The molecule has 0 aromatic rings. The predicted octanol–water partition coefficient (Wildman–Crippen LogP) is 2.33. The van der Waals surface area contributed by atoms with Gasteiger partial charge in [-0.15, -0.1) is 12.4 Å². The number of halogens is 1. The van der Waals surface area contributed by atoms with Crippen LogP contribution >= 0.6 is 12.4 Å². The zero-order valence-electron chi connectivity index (χ0n) is 10.7. The molecule has 100 valence electrons. The molecule has 1 atom stereocenters. The highest BCUT2D eigenvalue weighted by Crippen LogP contribution is 2.32. The van der Waals surface area contributed by atoms with Crippen molar-refractivity contribution in [1.82, 2.24) is 4.90 Å². The highest BCUT2D eigenvalue weighted by molar-refractivity contribution is 5.85. The molecule has 0 aromatic heterocycles. The van der Waals surface area contributed by atoms with Crippen molar-refractivity contribution >= 4 is 18.3 Å². The second-order valence-corrected chi connectivity index (χ2v) is 5.51. The van der Waals surface area contributed by atoms with Gasteiger partial charge in [-0.1, -0.05) is 19.3 Å². The van der Waals surface area contributed by atoms with Crippen LogP contribution in [0.4, 0.5) is 0 Å². The average Bonchev–Trinajstić information content (AvgIpc) is 3.10. The molecule has 0 saturated heterocycles. The maximum atomic E-state index is 12.1. The molecule has 2 N–H and O–H groups in total. The SMILES string of the molecule is C[C@H](N)C(=O)N(CC1CC1)C1CCCCC1.Cl. The number of hydrogen-bond donors (Lipinski definition) is 1. The lowest BCUT2D eigenvalue weighted by molar-refractivity contribution is -0.135. The molecule has 4 heteroatoms. The van der Waals surface area contributed by atoms with Gasteiger partial charge >= 0.3 is 0 Å². The largest absolute Gasteiger partial charge is 0.338 e. The van der Waals surface area contributed by atoms with Gasteiger partial charge < -0.3 is 10.6 Å². The molecule has 0 aliphatic heterocycles. The van der Waals surface area contributed by atoms with Gasteiger partial charge in [-0.3, -0.25) is 4.79 Å². The Morgan fingerprint density at radius 2 is 1.82 bits per heavy atom. The smallest absolute Gasteiger partial charge is 0.239 e. The Hall–Kier alpha value is -0.280. The third kappa shape index (κ3) is 4.14. The van der Waals surface area contributed by atoms with E-state index in [9.17, 15) is 4.79 Å². The standard InChI is InChI=1S/C13H24N2O.ClH/c1-10(14)13(16)15(9-11-7-8-11)12-5-3-2-4-6-12;/h10-12H,2-9,14H2,1H3;1H/t10-;/m0./s1. The van der Waals surface area contributed by atoms with Crippen molar-refractivity contribution in [3.8, 4) is 0 Å². The molecule has 0 radical (unpaired) electrons. The van der Waals surface area contributed by atoms with Crippen LogP contribution in [0.5, 0.6) is 0 Å². The average molecular weight is 261 g/mol. The minimum Gasteiger partial charge on any atom is -0.338 e. The molecule has 1 amide bonds. The lowest BCUT2D eigenvalue weighted by atomic mass is 9.93. The maximum Gasteiger partial charge on any atom is 0.239 e. The molecule has 0 aromatic carbocycles. The van der Waals surface area contributed by atoms with Crippen LogP contribution < -0.4 is 5.73 Å². The monoisotopic (exact) mass is 260 g/mol. The van der Waals surface area contributed by atoms with Crippen LogP contribution in [0, 0.1) is 5.92 Å². The number of nitrogens with zero attached hydrogens (tertiary/aromatic N) is 1. The molecular formula is C13H25ClN2O. The summed E-state index contributed by atoms with van der Waals surface area (Å²) in [6.45, 7) is 2.77. The van der Waals surface area contributed by atoms with Crippen molar-refractivity contribution in [1.29, 1.82) is 0 Å². The normalized spacial score (nSPS) is 22.7. The number of rotatable bonds is 4. The number of carbonyl (C=O) groups is 1. The van der Waals surface area contributed by atoms with E-state index >= 15 is 0 Å². The van der Waals surface area contributed by atoms with E-state index in [1.165, 1.54) is 44.9 Å². The Kier molecular flexibility index (Phi) is 5.74. The molecule has 2 aliphatic rings. The fraction of sp³-hybridized carbons (Fsp3) is 0.923. The van der Waals surface area contributed by atoms with Gasteiger partial charge in [0.2, 0.25) is 5.91 Å². The van der Waals surface area contributed by atoms with Gasteiger partial charge in [0.05, 0.1) is 6.04 Å². The Bertz CT molecular complexity index is 248. The Balaban J connectivity index is 0.00000144. The second kappa shape index (κ2) is 6.60. The first kappa shape index (κ1) is 14.8. The first-order valence-corrected chi connectivity index (χ1v) is 6.74. The van der Waals surface area contributed by atoms with Crippen LogP contribution in [-0.4, -0.2) is 29.4 Å². The Morgan fingerprint density at radius 1 is 1.24 bits per heavy atom. The van der Waals surface area contributed by atoms with Crippen LogP contribution in [-0.2, 0) is 4.79 Å². The number of amides is 1. The molecule has 0 spiro atoms. The Labute approximate surface area is 111 Å². The molecule has 2 saturated carbocycles. The molecule has 0 heterocycles. The van der Waals surface area contributed by atoms with E-state index in [0.717, 1.165) is 12.5 Å². The molecule has 2 aliphatic carbocycles. The molecule has 0 bridgehead atoms. The summed E-state index contributed by atoms with van der Waals surface area (Å²) in [6, 6.07) is 0.147. The van der Waals surface area contributed by atoms with Crippen molar-refractivity contribution in [3.63, 3.8) is 0 Å². The third-order valence-corrected chi connectivity index (χ3v) is 3.84. The Morgan fingerprint density at radius 3 is 2.29 bits per heavy atom. The summed E-state index contributed by atoms with van der Waals surface area (Å²) in [5, 5.41) is 0. The predicted molar refractivity (Wildman–Crippen MR) is 72.2 cm³/mol. The number of nitrogens with two attached hydrogens (primary N) is 1. The van der Waals surface area contributed by atoms with Crippen LogP contribution in [0.15, 0.2) is 0 Å². The maximum absolute atomic E-state index is 12.1. The third-order valence-electron chi connectivity index (χ3n) is 3.84. The molecule has 3 nitrogen and oxygen atoms in total. The summed E-state index contributed by atoms with van der Waals surface area (Å²) in [5.74, 6) is 0.934. The fourth-order valence-electron chi connectivity index (χ4n) is 2.65. The van der Waals surface area contributed by atoms with Gasteiger partial charge in [-0.2, -0.15) is 0 Å². The van der Waals surface area contributed by atoms with E-state index in [1.54, 1.807) is 0 Å². The molecular weight excluding hydrogens is 236 g/mol. The number of carbonyl (C=O) groups excluding carboxylic acids is 1. The van der Waals surface area contributed by atoms with Gasteiger partial charge in [0.25, 0.3) is 0 Å². The summed E-state index contributed by atoms with van der Waals surface area (Å²) < 4.78 is 0. The van der Waals surface area contributed by atoms with E-state index in [1.807, 2.05) is 6.92 Å². The van der Waals surface area contributed by atoms with Crippen molar-refractivity contribution < 1.29 is 4.79 Å². The zero-order chi connectivity index (χ0) is 11.5. The van der Waals surface area contributed by atoms with E-state index in [-0.39, 0.29) is 24.4 Å². The van der Waals surface area contributed by atoms with E-state index in [4.69, 9.17) is 5.73 Å². The second-order valence-electron chi connectivity index (χ2n) is 5.51. The van der Waals surface area contributed by atoms with Crippen LogP contribution in [0.2, 0.25) is 0 Å². The summed E-state index contributed by atoms with van der Waals surface area (Å²) in [4.78, 5) is 14.2. The molecule has 17 heavy (non-hydrogen) atoms. The van der Waals surface area contributed by atoms with Crippen molar-refractivity contribution in [2.45, 2.75) is 64.0 Å². The lowest BCUT2D eigenvalue weighted by Gasteiger charge is -2.35. The highest BCUT2D eigenvalue weighted by Gasteiger charge is 2.32. The van der Waals surface area contributed by atoms with Gasteiger partial charge in [0.15, 0.2) is 0 Å². The summed E-state index contributed by atoms with van der Waals surface area (Å²) in [6.07, 6.45) is 8.86. The van der Waals surface area contributed by atoms with E-state index < -0.39 is 0 Å². The van der Waals surface area contributed by atoms with Crippen LogP contribution in [0.25, 0.3) is 0 Å². The minimum atomic E-state index is -0.333. The quantitative estimate of drug-likeness (QED) is 0.843. The molecule has 2 fully saturated rings. The van der Waals surface area contributed by atoms with E-state index in [2.05, 4.69) is 4.90 Å². The van der Waals surface area contributed by atoms with Gasteiger partial charge in [0.1, 0.15) is 0 Å². The number of hydrogen-bond acceptors (Lipinski definition) is 2. The lowest BCUT2D eigenvalue weighted by Crippen LogP contribution is -2.49. The highest BCUT2D eigenvalue weighted by atomic mass is 35.5. The van der Waals surface area contributed by atoms with Crippen LogP contribution in [0.1, 0.15) is 51.9 Å². The van der Waals surface area contributed by atoms with Gasteiger partial charge in [-0.05, 0) is 38.5 Å². The summed E-state index contributed by atoms with van der Waals surface area (Å²) in [5.41, 5.74) is 5.75. The fourth-order valence-corrected chi connectivity index (χ4v) is 2.65. The molecule has 2 rings (SSSR count). The van der Waals surface area contributed by atoms with Crippen molar-refractivity contribution in [2.75, 3.05) is 6.54 Å². The van der Waals surface area contributed by atoms with Crippen LogP contribution in [0.3, 0.4) is 0 Å². The van der Waals surface area contributed by atoms with E-state index in [0.29, 0.717) is 6.04 Å². The first-order valence-electron chi connectivity index (χ1n) is 6.74. The van der Waals surface area contributed by atoms with Crippen molar-refractivity contribution in [2.24, 2.45) is 11.7 Å². The summed E-state index contributed by atoms with van der Waals surface area (Å²) >= 11 is 0. The topological polar surface area (TPSA) is 46.3 Å². The van der Waals surface area contributed by atoms with Gasteiger partial charge in [-0.25, -0.2) is 0 Å². The minimum absolute atomic E-state index is 0. The first-order chi connectivity index (χ1) is 7.68. The molecule has 0 unspecified atom stereocenters.